The van der Waals surface area contributed by atoms with Gasteiger partial charge in [-0.2, -0.15) is 0 Å². The molecular weight excluding hydrogens is 226 g/mol. The maximum atomic E-state index is 11.6. The van der Waals surface area contributed by atoms with E-state index < -0.39 is 0 Å². The zero-order valence-corrected chi connectivity index (χ0v) is 11.8. The normalized spacial score (nSPS) is 10.2. The Morgan fingerprint density at radius 1 is 1.28 bits per heavy atom. The van der Waals surface area contributed by atoms with Crippen LogP contribution in [0.2, 0.25) is 0 Å². The van der Waals surface area contributed by atoms with Gasteiger partial charge in [0, 0.05) is 18.5 Å². The third kappa shape index (κ3) is 4.06. The molecule has 0 saturated carbocycles. The summed E-state index contributed by atoms with van der Waals surface area (Å²) in [5.41, 5.74) is 3.45. The van der Waals surface area contributed by atoms with E-state index in [1.54, 1.807) is 7.11 Å². The molecule has 18 heavy (non-hydrogen) atoms. The number of aryl methyl sites for hydroxylation is 2. The maximum absolute atomic E-state index is 11.6. The first-order chi connectivity index (χ1) is 8.58. The summed E-state index contributed by atoms with van der Waals surface area (Å²) < 4.78 is 5.34. The van der Waals surface area contributed by atoms with Crippen molar-refractivity contribution in [1.82, 2.24) is 5.32 Å². The highest BCUT2D eigenvalue weighted by molar-refractivity contribution is 5.75. The molecule has 0 atom stereocenters. The number of hydrogen-bond acceptors (Lipinski definition) is 2. The van der Waals surface area contributed by atoms with Crippen molar-refractivity contribution in [2.45, 2.75) is 46.6 Å². The summed E-state index contributed by atoms with van der Waals surface area (Å²) in [7, 11) is 1.66. The van der Waals surface area contributed by atoms with Gasteiger partial charge in [0.1, 0.15) is 5.75 Å². The largest absolute Gasteiger partial charge is 0.496 e. The summed E-state index contributed by atoms with van der Waals surface area (Å²) in [6.07, 6.45) is 2.58. The van der Waals surface area contributed by atoms with Gasteiger partial charge >= 0.3 is 0 Å². The average Bonchev–Trinajstić information content (AvgIpc) is 2.37. The van der Waals surface area contributed by atoms with Gasteiger partial charge in [-0.1, -0.05) is 19.4 Å². The van der Waals surface area contributed by atoms with E-state index in [1.807, 2.05) is 6.07 Å². The quantitative estimate of drug-likeness (QED) is 0.841. The molecule has 1 aromatic rings. The summed E-state index contributed by atoms with van der Waals surface area (Å²) in [4.78, 5) is 11.6. The van der Waals surface area contributed by atoms with Gasteiger partial charge in [0.25, 0.3) is 0 Å². The smallest absolute Gasteiger partial charge is 0.220 e. The highest BCUT2D eigenvalue weighted by Crippen LogP contribution is 2.22. The molecule has 0 saturated heterocycles. The van der Waals surface area contributed by atoms with Crippen LogP contribution in [0.25, 0.3) is 0 Å². The summed E-state index contributed by atoms with van der Waals surface area (Å²) in [5.74, 6) is 0.950. The fourth-order valence-electron chi connectivity index (χ4n) is 1.80. The fraction of sp³-hybridized carbons (Fsp3) is 0.533. The summed E-state index contributed by atoms with van der Waals surface area (Å²) >= 11 is 0. The van der Waals surface area contributed by atoms with Crippen molar-refractivity contribution in [3.8, 4) is 5.75 Å². The maximum Gasteiger partial charge on any atom is 0.220 e. The molecule has 3 heteroatoms. The molecular formula is C15H23NO2. The number of amides is 1. The van der Waals surface area contributed by atoms with E-state index in [9.17, 15) is 4.79 Å². The van der Waals surface area contributed by atoms with Crippen LogP contribution in [0.4, 0.5) is 0 Å². The third-order valence-corrected chi connectivity index (χ3v) is 3.13. The minimum atomic E-state index is 0.108. The summed E-state index contributed by atoms with van der Waals surface area (Å²) in [6.45, 7) is 6.74. The first-order valence-electron chi connectivity index (χ1n) is 6.49. The lowest BCUT2D eigenvalue weighted by Crippen LogP contribution is -2.22. The molecule has 3 nitrogen and oxygen atoms in total. The number of nitrogens with one attached hydrogen (secondary N) is 1. The molecule has 0 bridgehead atoms. The number of hydrogen-bond donors (Lipinski definition) is 1. The number of rotatable bonds is 6. The lowest BCUT2D eigenvalue weighted by Gasteiger charge is -2.12. The van der Waals surface area contributed by atoms with Gasteiger partial charge < -0.3 is 10.1 Å². The minimum Gasteiger partial charge on any atom is -0.496 e. The SMILES string of the molecule is CCCCC(=O)NCc1cc(C)c(C)cc1OC. The second-order valence-electron chi connectivity index (χ2n) is 4.63. The molecule has 0 heterocycles. The molecule has 0 aliphatic heterocycles. The van der Waals surface area contributed by atoms with E-state index in [1.165, 1.54) is 11.1 Å². The van der Waals surface area contributed by atoms with Gasteiger partial charge in [-0.25, -0.2) is 0 Å². The highest BCUT2D eigenvalue weighted by atomic mass is 16.5. The first-order valence-corrected chi connectivity index (χ1v) is 6.49. The van der Waals surface area contributed by atoms with Gasteiger partial charge in [-0.15, -0.1) is 0 Å². The predicted octanol–water partition coefficient (Wildman–Crippen LogP) is 3.12. The number of carbonyl (C=O) groups is 1. The molecule has 1 N–H and O–H groups in total. The molecule has 0 spiro atoms. The van der Waals surface area contributed by atoms with E-state index in [2.05, 4.69) is 32.2 Å². The molecule has 1 aromatic carbocycles. The fourth-order valence-corrected chi connectivity index (χ4v) is 1.80. The van der Waals surface area contributed by atoms with Crippen LogP contribution in [0, 0.1) is 13.8 Å². The topological polar surface area (TPSA) is 38.3 Å². The Morgan fingerprint density at radius 3 is 2.56 bits per heavy atom. The Labute approximate surface area is 110 Å². The lowest BCUT2D eigenvalue weighted by molar-refractivity contribution is -0.121. The summed E-state index contributed by atoms with van der Waals surface area (Å²) in [6, 6.07) is 4.09. The van der Waals surface area contributed by atoms with Gasteiger partial charge in [-0.05, 0) is 37.5 Å². The molecule has 0 unspecified atom stereocenters. The van der Waals surface area contributed by atoms with Crippen molar-refractivity contribution in [2.75, 3.05) is 7.11 Å². The van der Waals surface area contributed by atoms with Gasteiger partial charge in [0.05, 0.1) is 7.11 Å². The Balaban J connectivity index is 2.66. The van der Waals surface area contributed by atoms with E-state index in [-0.39, 0.29) is 5.91 Å². The van der Waals surface area contributed by atoms with Crippen molar-refractivity contribution in [2.24, 2.45) is 0 Å². The van der Waals surface area contributed by atoms with Crippen LogP contribution >= 0.6 is 0 Å². The van der Waals surface area contributed by atoms with E-state index in [4.69, 9.17) is 4.74 Å². The molecule has 0 aromatic heterocycles. The lowest BCUT2D eigenvalue weighted by atomic mass is 10.0. The van der Waals surface area contributed by atoms with Crippen molar-refractivity contribution >= 4 is 5.91 Å². The molecule has 1 amide bonds. The summed E-state index contributed by atoms with van der Waals surface area (Å²) in [5, 5.41) is 2.94. The molecule has 0 aliphatic rings. The molecule has 0 radical (unpaired) electrons. The Bertz CT molecular complexity index is 413. The Morgan fingerprint density at radius 2 is 1.94 bits per heavy atom. The van der Waals surface area contributed by atoms with Gasteiger partial charge in [-0.3, -0.25) is 4.79 Å². The third-order valence-electron chi connectivity index (χ3n) is 3.13. The number of unbranched alkanes of at least 4 members (excludes halogenated alkanes) is 1. The van der Waals surface area contributed by atoms with Crippen LogP contribution in [0.5, 0.6) is 5.75 Å². The van der Waals surface area contributed by atoms with Crippen molar-refractivity contribution in [3.05, 3.63) is 28.8 Å². The molecule has 1 rings (SSSR count). The van der Waals surface area contributed by atoms with Crippen LogP contribution in [-0.2, 0) is 11.3 Å². The number of benzene rings is 1. The van der Waals surface area contributed by atoms with E-state index >= 15 is 0 Å². The van der Waals surface area contributed by atoms with Crippen LogP contribution in [0.1, 0.15) is 42.9 Å². The predicted molar refractivity (Wildman–Crippen MR) is 73.8 cm³/mol. The zero-order valence-electron chi connectivity index (χ0n) is 11.8. The monoisotopic (exact) mass is 249 g/mol. The standard InChI is InChI=1S/C15H23NO2/c1-5-6-7-15(17)16-10-13-8-11(2)12(3)9-14(13)18-4/h8-9H,5-7,10H2,1-4H3,(H,16,17). The highest BCUT2D eigenvalue weighted by Gasteiger charge is 2.07. The van der Waals surface area contributed by atoms with Crippen LogP contribution in [0.3, 0.4) is 0 Å². The van der Waals surface area contributed by atoms with E-state index in [0.29, 0.717) is 13.0 Å². The second-order valence-corrected chi connectivity index (χ2v) is 4.63. The van der Waals surface area contributed by atoms with Crippen molar-refractivity contribution in [1.29, 1.82) is 0 Å². The Hall–Kier alpha value is -1.51. The molecule has 0 fully saturated rings. The van der Waals surface area contributed by atoms with Crippen LogP contribution in [-0.4, -0.2) is 13.0 Å². The molecule has 100 valence electrons. The van der Waals surface area contributed by atoms with Crippen molar-refractivity contribution < 1.29 is 9.53 Å². The Kier molecular flexibility index (Phi) is 5.69. The van der Waals surface area contributed by atoms with E-state index in [0.717, 1.165) is 24.2 Å². The number of carbonyl (C=O) groups excluding carboxylic acids is 1. The van der Waals surface area contributed by atoms with Gasteiger partial charge in [0.2, 0.25) is 5.91 Å². The number of ether oxygens (including phenoxy) is 1. The average molecular weight is 249 g/mol. The van der Waals surface area contributed by atoms with Crippen LogP contribution in [0.15, 0.2) is 12.1 Å². The van der Waals surface area contributed by atoms with Crippen LogP contribution < -0.4 is 10.1 Å². The number of methoxy groups -OCH3 is 1. The zero-order chi connectivity index (χ0) is 13.5. The first kappa shape index (κ1) is 14.6. The second kappa shape index (κ2) is 7.04. The minimum absolute atomic E-state index is 0.108. The van der Waals surface area contributed by atoms with Crippen molar-refractivity contribution in [3.63, 3.8) is 0 Å². The molecule has 0 aliphatic carbocycles. The van der Waals surface area contributed by atoms with Gasteiger partial charge in [0.15, 0.2) is 0 Å².